The molecule has 0 saturated heterocycles. The Kier molecular flexibility index (Phi) is 7.79. The normalized spacial score (nSPS) is 29.6. The summed E-state index contributed by atoms with van der Waals surface area (Å²) in [6.07, 6.45) is 8.95. The smallest absolute Gasteiger partial charge is 0.208 e. The number of alkyl halides is 2. The van der Waals surface area contributed by atoms with E-state index < -0.39 is 11.2 Å². The van der Waals surface area contributed by atoms with E-state index in [-0.39, 0.29) is 42.9 Å². The third kappa shape index (κ3) is 5.32. The van der Waals surface area contributed by atoms with E-state index in [1.807, 2.05) is 12.2 Å². The average molecular weight is 803 g/mol. The Balaban J connectivity index is 1.62. The van der Waals surface area contributed by atoms with Crippen LogP contribution < -0.4 is 9.47 Å². The quantitative estimate of drug-likeness (QED) is 0.249. The van der Waals surface area contributed by atoms with Gasteiger partial charge in [0.1, 0.15) is 11.5 Å². The summed E-state index contributed by atoms with van der Waals surface area (Å²) in [4.78, 5) is 29.5. The number of carbonyl (C=O) groups excluding carboxylic acids is 2. The second-order valence-electron chi connectivity index (χ2n) is 19.2. The van der Waals surface area contributed by atoms with Crippen LogP contribution in [0.3, 0.4) is 0 Å². The fourth-order valence-corrected chi connectivity index (χ4v) is 10.7. The van der Waals surface area contributed by atoms with Gasteiger partial charge in [-0.3, -0.25) is 9.59 Å². The topological polar surface area (TPSA) is 52.6 Å². The molecule has 2 spiro atoms. The first-order valence-corrected chi connectivity index (χ1v) is 19.7. The zero-order valence-corrected chi connectivity index (χ0v) is 34.7. The van der Waals surface area contributed by atoms with Crippen molar-refractivity contribution in [2.45, 2.75) is 128 Å². The molecule has 7 rings (SSSR count). The number of fused-ring (bicyclic) bond motifs is 2. The van der Waals surface area contributed by atoms with Crippen molar-refractivity contribution in [2.24, 2.45) is 10.8 Å². The van der Waals surface area contributed by atoms with Gasteiger partial charge in [-0.05, 0) is 79.3 Å². The van der Waals surface area contributed by atoms with Crippen molar-refractivity contribution in [1.82, 2.24) is 0 Å². The molecule has 2 aromatic rings. The van der Waals surface area contributed by atoms with Crippen molar-refractivity contribution in [3.05, 3.63) is 92.1 Å². The largest absolute Gasteiger partial charge is 0.476 e. The Bertz CT molecular complexity index is 1870. The molecule has 2 aliphatic carbocycles. The molecule has 0 amide bonds. The first-order valence-electron chi connectivity index (χ1n) is 17.8. The SMILES string of the molecule is CC(C)(C)C1=C/C2=C/c3cc(C(C)(C)C)cc4c3O[C@@]3(C4)C(=O)/C(=C\c4cc(C(C)(C)C)cc5c4O[C@](C5)(C2=O)[C@@H]1Br)C=C(C(C)(C)C)[C@@H]3Br. The summed E-state index contributed by atoms with van der Waals surface area (Å²) in [7, 11) is 0. The van der Waals surface area contributed by atoms with Gasteiger partial charge in [0, 0.05) is 35.1 Å². The molecule has 50 heavy (non-hydrogen) atoms. The summed E-state index contributed by atoms with van der Waals surface area (Å²) in [6, 6.07) is 8.70. The second-order valence-corrected chi connectivity index (χ2v) is 21.1. The molecule has 4 atom stereocenters. The molecule has 0 fully saturated rings. The minimum atomic E-state index is -1.20. The molecule has 0 saturated carbocycles. The van der Waals surface area contributed by atoms with Crippen LogP contribution in [0, 0.1) is 10.8 Å². The molecular weight excluding hydrogens is 752 g/mol. The maximum absolute atomic E-state index is 15.1. The third-order valence-electron chi connectivity index (χ3n) is 11.2. The summed E-state index contributed by atoms with van der Waals surface area (Å²) in [5.41, 5.74) is 6.00. The predicted octanol–water partition coefficient (Wildman–Crippen LogP) is 10.7. The van der Waals surface area contributed by atoms with E-state index in [4.69, 9.17) is 9.47 Å². The van der Waals surface area contributed by atoms with Crippen LogP contribution in [0.2, 0.25) is 0 Å². The zero-order valence-electron chi connectivity index (χ0n) is 31.6. The highest BCUT2D eigenvalue weighted by Gasteiger charge is 2.59. The van der Waals surface area contributed by atoms with Crippen LogP contribution in [0.25, 0.3) is 12.2 Å². The van der Waals surface area contributed by atoms with Crippen LogP contribution in [0.15, 0.2) is 58.7 Å². The number of ether oxygens (including phenoxy) is 2. The molecule has 5 aliphatic rings. The average Bonchev–Trinajstić information content (AvgIpc) is 3.56. The van der Waals surface area contributed by atoms with Gasteiger partial charge in [0.15, 0.2) is 11.2 Å². The van der Waals surface area contributed by atoms with Gasteiger partial charge in [-0.15, -0.1) is 0 Å². The van der Waals surface area contributed by atoms with Gasteiger partial charge in [-0.25, -0.2) is 0 Å². The fraction of sp³-hybridized carbons (Fsp3) is 0.500. The minimum Gasteiger partial charge on any atom is -0.476 e. The van der Waals surface area contributed by atoms with Crippen LogP contribution in [0.4, 0.5) is 0 Å². The first-order chi connectivity index (χ1) is 22.9. The maximum atomic E-state index is 15.1. The molecule has 3 aliphatic heterocycles. The molecule has 0 radical (unpaired) electrons. The molecular formula is C44H50Br2O4. The summed E-state index contributed by atoms with van der Waals surface area (Å²) in [5, 5.41) is 0. The van der Waals surface area contributed by atoms with Crippen LogP contribution in [0.1, 0.15) is 116 Å². The Labute approximate surface area is 315 Å². The van der Waals surface area contributed by atoms with Crippen molar-refractivity contribution in [3.8, 4) is 11.5 Å². The summed E-state index contributed by atoms with van der Waals surface area (Å²) >= 11 is 8.08. The van der Waals surface area contributed by atoms with E-state index in [9.17, 15) is 0 Å². The number of carbonyl (C=O) groups is 2. The van der Waals surface area contributed by atoms with E-state index in [0.29, 0.717) is 35.5 Å². The van der Waals surface area contributed by atoms with E-state index in [1.165, 1.54) is 0 Å². The number of ketones is 2. The van der Waals surface area contributed by atoms with Gasteiger partial charge < -0.3 is 9.47 Å². The Morgan fingerprint density at radius 2 is 0.880 bits per heavy atom. The number of benzene rings is 2. The van der Waals surface area contributed by atoms with Gasteiger partial charge in [0.2, 0.25) is 11.6 Å². The van der Waals surface area contributed by atoms with Crippen LogP contribution >= 0.6 is 31.9 Å². The molecule has 6 bridgehead atoms. The highest BCUT2D eigenvalue weighted by molar-refractivity contribution is 9.10. The monoisotopic (exact) mass is 800 g/mol. The maximum Gasteiger partial charge on any atom is 0.208 e. The van der Waals surface area contributed by atoms with Crippen molar-refractivity contribution < 1.29 is 19.1 Å². The number of hydrogen-bond acceptors (Lipinski definition) is 4. The van der Waals surface area contributed by atoms with Crippen molar-refractivity contribution in [1.29, 1.82) is 0 Å². The third-order valence-corrected chi connectivity index (χ3v) is 13.7. The van der Waals surface area contributed by atoms with Crippen molar-refractivity contribution in [2.75, 3.05) is 0 Å². The van der Waals surface area contributed by atoms with Gasteiger partial charge in [-0.2, -0.15) is 0 Å². The molecule has 0 unspecified atom stereocenters. The molecule has 4 nitrogen and oxygen atoms in total. The van der Waals surface area contributed by atoms with E-state index in [2.05, 4.69) is 151 Å². The van der Waals surface area contributed by atoms with Gasteiger partial charge in [-0.1, -0.05) is 139 Å². The second kappa shape index (κ2) is 10.9. The Hall–Kier alpha value is -2.70. The highest BCUT2D eigenvalue weighted by atomic mass is 79.9. The summed E-state index contributed by atoms with van der Waals surface area (Å²) in [6.45, 7) is 26.3. The summed E-state index contributed by atoms with van der Waals surface area (Å²) in [5.74, 6) is 1.24. The van der Waals surface area contributed by atoms with E-state index in [1.54, 1.807) is 0 Å². The number of allylic oxidation sites excluding steroid dienone is 2. The molecule has 2 aromatic carbocycles. The molecule has 6 heteroatoms. The minimum absolute atomic E-state index is 0.0521. The van der Waals surface area contributed by atoms with Crippen LogP contribution in [0.5, 0.6) is 11.5 Å². The van der Waals surface area contributed by atoms with E-state index in [0.717, 1.165) is 44.5 Å². The molecule has 0 aromatic heterocycles. The highest BCUT2D eigenvalue weighted by Crippen LogP contribution is 2.55. The first kappa shape index (κ1) is 35.7. The fourth-order valence-electron chi connectivity index (χ4n) is 8.13. The lowest BCUT2D eigenvalue weighted by atomic mass is 9.70. The predicted molar refractivity (Wildman–Crippen MR) is 211 cm³/mol. The Morgan fingerprint density at radius 3 is 1.18 bits per heavy atom. The Morgan fingerprint density at radius 1 is 0.540 bits per heavy atom. The standard InChI is InChI=1S/C44H50Br2O4/c1-39(2,3)29-15-23-13-25-19-31(41(7,8)9)36(46)44(37(25)47)22-28-18-30(40(4,5)6)16-24(34(28)50-44)14-26-20-32(42(10,11)12)35(45)43(38(26)48)21-27(17-29)33(23)49-43/h13-20,35-36H,21-22H2,1-12H3/b25-13-,26-14-/t35-,36+,43+,44-. The molecule has 264 valence electrons. The van der Waals surface area contributed by atoms with Gasteiger partial charge in [0.25, 0.3) is 0 Å². The van der Waals surface area contributed by atoms with Crippen LogP contribution in [-0.4, -0.2) is 32.4 Å². The number of Topliss-reactive ketones (excluding diaryl/α,β-unsaturated/α-hetero) is 2. The van der Waals surface area contributed by atoms with E-state index >= 15 is 9.59 Å². The van der Waals surface area contributed by atoms with Gasteiger partial charge >= 0.3 is 0 Å². The lowest BCUT2D eigenvalue weighted by Gasteiger charge is -2.42. The number of rotatable bonds is 0. The van der Waals surface area contributed by atoms with Crippen LogP contribution in [-0.2, 0) is 33.3 Å². The molecule has 0 N–H and O–H groups in total. The van der Waals surface area contributed by atoms with Crippen molar-refractivity contribution >= 4 is 55.6 Å². The molecule has 3 heterocycles. The van der Waals surface area contributed by atoms with Gasteiger partial charge in [0.05, 0.1) is 9.65 Å². The lowest BCUT2D eigenvalue weighted by Crippen LogP contribution is -2.56. The number of hydrogen-bond donors (Lipinski definition) is 0. The zero-order chi connectivity index (χ0) is 36.7. The number of halogens is 2. The summed E-state index contributed by atoms with van der Waals surface area (Å²) < 4.78 is 14.2. The lowest BCUT2D eigenvalue weighted by molar-refractivity contribution is -0.129. The van der Waals surface area contributed by atoms with Crippen molar-refractivity contribution in [3.63, 3.8) is 0 Å².